The lowest BCUT2D eigenvalue weighted by Gasteiger charge is -2.14. The number of carbonyl (C=O) groups is 1. The average Bonchev–Trinajstić information content (AvgIpc) is 3.01. The van der Waals surface area contributed by atoms with Crippen LogP contribution in [0.15, 0.2) is 47.1 Å². The fraction of sp³-hybridized carbons (Fsp3) is 0.312. The number of carbonyl (C=O) groups excluding carboxylic acids is 1. The molecule has 112 valence electrons. The second-order valence-electron chi connectivity index (χ2n) is 5.01. The summed E-state index contributed by atoms with van der Waals surface area (Å²) in [6.45, 7) is 1.99. The molecule has 4 nitrogen and oxygen atoms in total. The predicted molar refractivity (Wildman–Crippen MR) is 81.0 cm³/mol. The SMILES string of the molecule is CC(Cc1ccc(Cl)cc1)C(=O)NCC(O)c1ccco1. The third kappa shape index (κ3) is 4.62. The van der Waals surface area contributed by atoms with E-state index in [2.05, 4.69) is 5.32 Å². The van der Waals surface area contributed by atoms with Crippen molar-refractivity contribution in [2.75, 3.05) is 6.54 Å². The van der Waals surface area contributed by atoms with Gasteiger partial charge in [-0.05, 0) is 36.2 Å². The second-order valence-corrected chi connectivity index (χ2v) is 5.44. The van der Waals surface area contributed by atoms with E-state index in [4.69, 9.17) is 16.0 Å². The van der Waals surface area contributed by atoms with Crippen molar-refractivity contribution in [2.24, 2.45) is 5.92 Å². The molecule has 1 heterocycles. The molecule has 0 spiro atoms. The van der Waals surface area contributed by atoms with E-state index in [1.165, 1.54) is 6.26 Å². The van der Waals surface area contributed by atoms with Gasteiger partial charge in [-0.3, -0.25) is 4.79 Å². The van der Waals surface area contributed by atoms with Crippen LogP contribution in [0, 0.1) is 5.92 Å². The Bertz CT molecular complexity index is 566. The van der Waals surface area contributed by atoms with E-state index >= 15 is 0 Å². The van der Waals surface area contributed by atoms with E-state index in [1.807, 2.05) is 31.2 Å². The van der Waals surface area contributed by atoms with Crippen LogP contribution in [0.1, 0.15) is 24.4 Å². The zero-order valence-corrected chi connectivity index (χ0v) is 12.5. The zero-order valence-electron chi connectivity index (χ0n) is 11.8. The molecule has 0 saturated heterocycles. The lowest BCUT2D eigenvalue weighted by Crippen LogP contribution is -2.33. The van der Waals surface area contributed by atoms with Gasteiger partial charge < -0.3 is 14.8 Å². The Hall–Kier alpha value is -1.78. The minimum atomic E-state index is -0.827. The van der Waals surface area contributed by atoms with Crippen molar-refractivity contribution < 1.29 is 14.3 Å². The van der Waals surface area contributed by atoms with Gasteiger partial charge in [0.15, 0.2) is 0 Å². The summed E-state index contributed by atoms with van der Waals surface area (Å²) in [5, 5.41) is 13.2. The number of amides is 1. The van der Waals surface area contributed by atoms with E-state index in [0.29, 0.717) is 17.2 Å². The summed E-state index contributed by atoms with van der Waals surface area (Å²) >= 11 is 5.83. The summed E-state index contributed by atoms with van der Waals surface area (Å²) in [4.78, 5) is 12.0. The number of hydrogen-bond acceptors (Lipinski definition) is 3. The van der Waals surface area contributed by atoms with E-state index in [9.17, 15) is 9.90 Å². The van der Waals surface area contributed by atoms with Crippen molar-refractivity contribution in [2.45, 2.75) is 19.4 Å². The summed E-state index contributed by atoms with van der Waals surface area (Å²) in [6, 6.07) is 10.8. The fourth-order valence-corrected chi connectivity index (χ4v) is 2.15. The number of halogens is 1. The first-order valence-electron chi connectivity index (χ1n) is 6.80. The first kappa shape index (κ1) is 15.6. The number of benzene rings is 1. The number of aliphatic hydroxyl groups excluding tert-OH is 1. The summed E-state index contributed by atoms with van der Waals surface area (Å²) < 4.78 is 5.08. The van der Waals surface area contributed by atoms with E-state index < -0.39 is 6.10 Å². The van der Waals surface area contributed by atoms with Gasteiger partial charge in [0.2, 0.25) is 5.91 Å². The van der Waals surface area contributed by atoms with Gasteiger partial charge in [0.25, 0.3) is 0 Å². The molecule has 0 radical (unpaired) electrons. The highest BCUT2D eigenvalue weighted by molar-refractivity contribution is 6.30. The van der Waals surface area contributed by atoms with Crippen LogP contribution in [0.5, 0.6) is 0 Å². The van der Waals surface area contributed by atoms with Crippen molar-refractivity contribution in [3.05, 3.63) is 59.0 Å². The number of nitrogens with one attached hydrogen (secondary N) is 1. The Morgan fingerprint density at radius 1 is 1.33 bits per heavy atom. The molecular weight excluding hydrogens is 290 g/mol. The predicted octanol–water partition coefficient (Wildman–Crippen LogP) is 2.96. The molecule has 0 aliphatic carbocycles. The topological polar surface area (TPSA) is 62.5 Å². The molecule has 2 rings (SSSR count). The minimum absolute atomic E-state index is 0.101. The number of aliphatic hydroxyl groups is 1. The number of rotatable bonds is 6. The van der Waals surface area contributed by atoms with E-state index in [1.54, 1.807) is 12.1 Å². The van der Waals surface area contributed by atoms with Crippen molar-refractivity contribution in [1.82, 2.24) is 5.32 Å². The largest absolute Gasteiger partial charge is 0.467 e. The second kappa shape index (κ2) is 7.29. The van der Waals surface area contributed by atoms with E-state index in [-0.39, 0.29) is 18.4 Å². The highest BCUT2D eigenvalue weighted by Crippen LogP contribution is 2.14. The Labute approximate surface area is 128 Å². The van der Waals surface area contributed by atoms with Crippen LogP contribution in [-0.2, 0) is 11.2 Å². The van der Waals surface area contributed by atoms with Crippen LogP contribution >= 0.6 is 11.6 Å². The maximum atomic E-state index is 12.0. The first-order chi connectivity index (χ1) is 10.1. The molecule has 2 aromatic rings. The summed E-state index contributed by atoms with van der Waals surface area (Å²) in [5.74, 6) is 0.159. The zero-order chi connectivity index (χ0) is 15.2. The highest BCUT2D eigenvalue weighted by Gasteiger charge is 2.16. The quantitative estimate of drug-likeness (QED) is 0.862. The molecule has 0 fully saturated rings. The average molecular weight is 308 g/mol. The maximum Gasteiger partial charge on any atom is 0.223 e. The molecule has 2 atom stereocenters. The summed E-state index contributed by atoms with van der Waals surface area (Å²) in [6.07, 6.45) is 1.29. The van der Waals surface area contributed by atoms with Gasteiger partial charge in [0, 0.05) is 10.9 Å². The Morgan fingerprint density at radius 2 is 2.05 bits per heavy atom. The molecule has 0 bridgehead atoms. The molecule has 1 aromatic heterocycles. The Morgan fingerprint density at radius 3 is 2.67 bits per heavy atom. The minimum Gasteiger partial charge on any atom is -0.467 e. The molecule has 0 saturated carbocycles. The van der Waals surface area contributed by atoms with Crippen molar-refractivity contribution >= 4 is 17.5 Å². The van der Waals surface area contributed by atoms with Gasteiger partial charge >= 0.3 is 0 Å². The Balaban J connectivity index is 1.81. The standard InChI is InChI=1S/C16H18ClNO3/c1-11(9-12-4-6-13(17)7-5-12)16(20)18-10-14(19)15-3-2-8-21-15/h2-8,11,14,19H,9-10H2,1H3,(H,18,20). The van der Waals surface area contributed by atoms with Gasteiger partial charge in [-0.15, -0.1) is 0 Å². The number of hydrogen-bond donors (Lipinski definition) is 2. The lowest BCUT2D eigenvalue weighted by molar-refractivity contribution is -0.125. The fourth-order valence-electron chi connectivity index (χ4n) is 2.02. The highest BCUT2D eigenvalue weighted by atomic mass is 35.5. The third-order valence-electron chi connectivity index (χ3n) is 3.24. The third-order valence-corrected chi connectivity index (χ3v) is 3.50. The van der Waals surface area contributed by atoms with Crippen LogP contribution in [0.2, 0.25) is 5.02 Å². The normalized spacial score (nSPS) is 13.7. The van der Waals surface area contributed by atoms with Crippen LogP contribution in [-0.4, -0.2) is 17.6 Å². The van der Waals surface area contributed by atoms with Crippen LogP contribution < -0.4 is 5.32 Å². The maximum absolute atomic E-state index is 12.0. The van der Waals surface area contributed by atoms with Gasteiger partial charge in [-0.25, -0.2) is 0 Å². The molecule has 1 amide bonds. The first-order valence-corrected chi connectivity index (χ1v) is 7.17. The van der Waals surface area contributed by atoms with Crippen molar-refractivity contribution in [3.63, 3.8) is 0 Å². The van der Waals surface area contributed by atoms with Crippen LogP contribution in [0.25, 0.3) is 0 Å². The smallest absolute Gasteiger partial charge is 0.223 e. The van der Waals surface area contributed by atoms with Gasteiger partial charge in [0.1, 0.15) is 11.9 Å². The molecule has 0 aliphatic rings. The Kier molecular flexibility index (Phi) is 5.42. The molecule has 21 heavy (non-hydrogen) atoms. The molecule has 2 unspecified atom stereocenters. The number of furan rings is 1. The van der Waals surface area contributed by atoms with Gasteiger partial charge in [-0.1, -0.05) is 30.7 Å². The van der Waals surface area contributed by atoms with Crippen molar-refractivity contribution in [1.29, 1.82) is 0 Å². The van der Waals surface area contributed by atoms with Gasteiger partial charge in [-0.2, -0.15) is 0 Å². The van der Waals surface area contributed by atoms with Gasteiger partial charge in [0.05, 0.1) is 12.8 Å². The van der Waals surface area contributed by atoms with Crippen LogP contribution in [0.4, 0.5) is 0 Å². The molecule has 5 heteroatoms. The lowest BCUT2D eigenvalue weighted by atomic mass is 10.0. The summed E-state index contributed by atoms with van der Waals surface area (Å²) in [7, 11) is 0. The van der Waals surface area contributed by atoms with E-state index in [0.717, 1.165) is 5.56 Å². The monoisotopic (exact) mass is 307 g/mol. The van der Waals surface area contributed by atoms with Crippen molar-refractivity contribution in [3.8, 4) is 0 Å². The summed E-state index contributed by atoms with van der Waals surface area (Å²) in [5.41, 5.74) is 1.05. The van der Waals surface area contributed by atoms with Crippen LogP contribution in [0.3, 0.4) is 0 Å². The molecule has 1 aromatic carbocycles. The molecular formula is C16H18ClNO3. The molecule has 0 aliphatic heterocycles. The molecule has 2 N–H and O–H groups in total.